The Labute approximate surface area is 241 Å². The number of rotatable bonds is 6. The summed E-state index contributed by atoms with van der Waals surface area (Å²) in [6, 6.07) is 9.84. The number of H-pyrrole nitrogens is 1. The molecular formula is C28H30Cl2N6O2S. The number of anilines is 1. The molecule has 5 heterocycles. The predicted molar refractivity (Wildman–Crippen MR) is 159 cm³/mol. The standard InChI is InChI=1S/C24H22Cl2N6O2S.C2H6.C2H2/c1-35(33)32-13-24(14-32)11-31(12-24)22-5-2-15(7-28-22)23-17-6-16(3-4-21(17)29-30-23)34-10-18-19(25)8-27-9-20(18)26;2*1-2/h2-9H,10-14H2,1H3,(H,29,30);1-2H3;1-2H. The van der Waals surface area contributed by atoms with E-state index in [0.717, 1.165) is 54.2 Å². The summed E-state index contributed by atoms with van der Waals surface area (Å²) < 4.78 is 19.6. The third-order valence-corrected chi connectivity index (χ3v) is 8.29. The van der Waals surface area contributed by atoms with Crippen LogP contribution in [0.4, 0.5) is 5.82 Å². The van der Waals surface area contributed by atoms with Crippen LogP contribution >= 0.6 is 23.2 Å². The Hall–Kier alpha value is -3.16. The number of ether oxygens (including phenoxy) is 1. The minimum absolute atomic E-state index is 0.235. The zero-order valence-corrected chi connectivity index (χ0v) is 24.4. The maximum Gasteiger partial charge on any atom is 0.128 e. The van der Waals surface area contributed by atoms with Crippen molar-refractivity contribution >= 4 is 50.9 Å². The highest BCUT2D eigenvalue weighted by atomic mass is 35.5. The van der Waals surface area contributed by atoms with Crippen LogP contribution in [0.5, 0.6) is 5.75 Å². The summed E-state index contributed by atoms with van der Waals surface area (Å²) in [6.07, 6.45) is 14.7. The summed E-state index contributed by atoms with van der Waals surface area (Å²) in [5, 5.41) is 9.47. The molecule has 0 aliphatic carbocycles. The molecule has 2 aliphatic heterocycles. The number of benzene rings is 1. The molecule has 11 heteroatoms. The van der Waals surface area contributed by atoms with Crippen molar-refractivity contribution in [2.75, 3.05) is 37.3 Å². The van der Waals surface area contributed by atoms with Gasteiger partial charge in [-0.2, -0.15) is 5.10 Å². The minimum atomic E-state index is -0.875. The van der Waals surface area contributed by atoms with Gasteiger partial charge in [-0.15, -0.1) is 12.8 Å². The Kier molecular flexibility index (Phi) is 9.13. The van der Waals surface area contributed by atoms with E-state index in [-0.39, 0.29) is 12.0 Å². The lowest BCUT2D eigenvalue weighted by Gasteiger charge is -2.59. The summed E-state index contributed by atoms with van der Waals surface area (Å²) in [7, 11) is -0.875. The number of aromatic nitrogens is 4. The smallest absolute Gasteiger partial charge is 0.128 e. The summed E-state index contributed by atoms with van der Waals surface area (Å²) in [5.41, 5.74) is 3.60. The van der Waals surface area contributed by atoms with Crippen molar-refractivity contribution in [3.63, 3.8) is 0 Å². The van der Waals surface area contributed by atoms with Gasteiger partial charge in [-0.25, -0.2) is 13.5 Å². The van der Waals surface area contributed by atoms with Crippen molar-refractivity contribution in [2.45, 2.75) is 20.5 Å². The van der Waals surface area contributed by atoms with E-state index in [1.54, 1.807) is 18.6 Å². The number of nitrogens with one attached hydrogen (secondary N) is 1. The fourth-order valence-corrected chi connectivity index (χ4v) is 6.14. The van der Waals surface area contributed by atoms with E-state index in [9.17, 15) is 4.21 Å². The van der Waals surface area contributed by atoms with Crippen molar-refractivity contribution in [1.82, 2.24) is 24.5 Å². The van der Waals surface area contributed by atoms with Gasteiger partial charge in [-0.05, 0) is 30.3 Å². The topological polar surface area (TPSA) is 87.2 Å². The molecule has 1 aromatic carbocycles. The van der Waals surface area contributed by atoms with Crippen LogP contribution in [-0.4, -0.2) is 61.1 Å². The van der Waals surface area contributed by atoms with Gasteiger partial charge < -0.3 is 9.64 Å². The SMILES string of the molecule is C#C.CC.CS(=O)N1CC2(CN(c3ccc(-c4n[nH]c5ccc(OCc6c(Cl)cncc6Cl)cc45)cn3)C2)C1. The number of terminal acetylenes is 1. The molecule has 2 fully saturated rings. The third-order valence-electron chi connectivity index (χ3n) is 6.65. The molecule has 204 valence electrons. The predicted octanol–water partition coefficient (Wildman–Crippen LogP) is 5.60. The van der Waals surface area contributed by atoms with Crippen molar-refractivity contribution in [3.8, 4) is 29.9 Å². The van der Waals surface area contributed by atoms with Gasteiger partial charge in [0.15, 0.2) is 0 Å². The first kappa shape index (κ1) is 28.8. The van der Waals surface area contributed by atoms with E-state index in [1.165, 1.54) is 0 Å². The van der Waals surface area contributed by atoms with Crippen LogP contribution in [0, 0.1) is 18.3 Å². The normalized spacial score (nSPS) is 16.2. The lowest BCUT2D eigenvalue weighted by molar-refractivity contribution is 0.0434. The summed E-state index contributed by atoms with van der Waals surface area (Å²) in [4.78, 5) is 10.9. The zero-order chi connectivity index (χ0) is 28.2. The number of halogens is 2. The molecule has 1 spiro atoms. The van der Waals surface area contributed by atoms with Crippen molar-refractivity contribution in [3.05, 3.63) is 64.5 Å². The largest absolute Gasteiger partial charge is 0.489 e. The molecule has 0 amide bonds. The number of hydrogen-bond donors (Lipinski definition) is 1. The second kappa shape index (κ2) is 12.3. The van der Waals surface area contributed by atoms with Crippen molar-refractivity contribution in [1.29, 1.82) is 0 Å². The van der Waals surface area contributed by atoms with Gasteiger partial charge >= 0.3 is 0 Å². The van der Waals surface area contributed by atoms with Crippen LogP contribution in [0.1, 0.15) is 19.4 Å². The molecule has 4 aromatic rings. The number of fused-ring (bicyclic) bond motifs is 1. The third kappa shape index (κ3) is 5.89. The van der Waals surface area contributed by atoms with Gasteiger partial charge in [-0.1, -0.05) is 37.0 Å². The molecule has 0 radical (unpaired) electrons. The van der Waals surface area contributed by atoms with E-state index >= 15 is 0 Å². The average molecular weight is 586 g/mol. The second-order valence-corrected chi connectivity index (χ2v) is 11.3. The highest BCUT2D eigenvalue weighted by Crippen LogP contribution is 2.42. The molecule has 1 unspecified atom stereocenters. The second-order valence-electron chi connectivity index (χ2n) is 9.13. The number of nitrogens with zero attached hydrogens (tertiary/aromatic N) is 5. The van der Waals surface area contributed by atoms with Gasteiger partial charge in [0.05, 0.1) is 26.5 Å². The van der Waals surface area contributed by atoms with Crippen LogP contribution in [-0.2, 0) is 17.6 Å². The number of hydrogen-bond acceptors (Lipinski definition) is 6. The number of pyridine rings is 2. The highest BCUT2D eigenvalue weighted by Gasteiger charge is 2.53. The molecule has 0 saturated carbocycles. The van der Waals surface area contributed by atoms with Crippen LogP contribution < -0.4 is 9.64 Å². The van der Waals surface area contributed by atoms with E-state index in [2.05, 4.69) is 32.9 Å². The monoisotopic (exact) mass is 584 g/mol. The molecule has 1 atom stereocenters. The molecular weight excluding hydrogens is 555 g/mol. The van der Waals surface area contributed by atoms with Gasteiger partial charge in [0.25, 0.3) is 0 Å². The number of aromatic amines is 1. The van der Waals surface area contributed by atoms with E-state index < -0.39 is 11.0 Å². The summed E-state index contributed by atoms with van der Waals surface area (Å²) >= 11 is 12.4. The highest BCUT2D eigenvalue weighted by molar-refractivity contribution is 7.81. The van der Waals surface area contributed by atoms with Crippen molar-refractivity contribution in [2.24, 2.45) is 5.41 Å². The molecule has 39 heavy (non-hydrogen) atoms. The quantitative estimate of drug-likeness (QED) is 0.297. The summed E-state index contributed by atoms with van der Waals surface area (Å²) in [6.45, 7) is 7.93. The summed E-state index contributed by atoms with van der Waals surface area (Å²) in [5.74, 6) is 1.63. The van der Waals surface area contributed by atoms with E-state index in [0.29, 0.717) is 21.4 Å². The Morgan fingerprint density at radius 2 is 1.74 bits per heavy atom. The van der Waals surface area contributed by atoms with E-state index in [1.807, 2.05) is 54.7 Å². The average Bonchev–Trinajstić information content (AvgIpc) is 3.33. The first-order valence-corrected chi connectivity index (χ1v) is 14.7. The fourth-order valence-electron chi connectivity index (χ4n) is 4.76. The first-order valence-electron chi connectivity index (χ1n) is 12.4. The molecule has 0 bridgehead atoms. The Morgan fingerprint density at radius 1 is 1.05 bits per heavy atom. The Morgan fingerprint density at radius 3 is 2.36 bits per heavy atom. The molecule has 2 aliphatic rings. The zero-order valence-electron chi connectivity index (χ0n) is 22.0. The Bertz CT molecular complexity index is 1460. The van der Waals surface area contributed by atoms with Crippen molar-refractivity contribution < 1.29 is 8.95 Å². The van der Waals surface area contributed by atoms with Crippen LogP contribution in [0.2, 0.25) is 10.0 Å². The lowest BCUT2D eigenvalue weighted by Crippen LogP contribution is -2.72. The van der Waals surface area contributed by atoms with Gasteiger partial charge in [0.2, 0.25) is 0 Å². The Balaban J connectivity index is 0.000000845. The maximum atomic E-state index is 11.6. The molecule has 1 N–H and O–H groups in total. The van der Waals surface area contributed by atoms with Gasteiger partial charge in [0.1, 0.15) is 23.9 Å². The lowest BCUT2D eigenvalue weighted by atomic mass is 9.74. The minimum Gasteiger partial charge on any atom is -0.489 e. The first-order chi connectivity index (χ1) is 18.9. The molecule has 3 aromatic heterocycles. The van der Waals surface area contributed by atoms with Gasteiger partial charge in [-0.3, -0.25) is 10.1 Å². The molecule has 2 saturated heterocycles. The molecule has 8 nitrogen and oxygen atoms in total. The van der Waals surface area contributed by atoms with Crippen LogP contribution in [0.15, 0.2) is 48.9 Å². The van der Waals surface area contributed by atoms with Gasteiger partial charge in [0, 0.05) is 73.0 Å². The van der Waals surface area contributed by atoms with Crippen LogP contribution in [0.25, 0.3) is 22.2 Å². The fraction of sp³-hybridized carbons (Fsp3) is 0.321. The van der Waals surface area contributed by atoms with E-state index in [4.69, 9.17) is 32.9 Å². The molecule has 6 rings (SSSR count). The van der Waals surface area contributed by atoms with Crippen LogP contribution in [0.3, 0.4) is 0 Å². The maximum absolute atomic E-state index is 11.6.